The van der Waals surface area contributed by atoms with Crippen LogP contribution in [-0.4, -0.2) is 32.9 Å². The molecule has 0 saturated heterocycles. The minimum absolute atomic E-state index is 0.0204. The SMILES string of the molecule is CCN(C(=O)[C@@H](C)Sc1n[nH]c(N)n1)c1ccccc1. The van der Waals surface area contributed by atoms with E-state index < -0.39 is 0 Å². The van der Waals surface area contributed by atoms with Crippen LogP contribution in [0.2, 0.25) is 0 Å². The van der Waals surface area contributed by atoms with Crippen molar-refractivity contribution in [3.05, 3.63) is 30.3 Å². The largest absolute Gasteiger partial charge is 0.368 e. The van der Waals surface area contributed by atoms with Gasteiger partial charge in [-0.2, -0.15) is 4.98 Å². The molecule has 0 aliphatic carbocycles. The third-order valence-corrected chi connectivity index (χ3v) is 3.71. The van der Waals surface area contributed by atoms with Gasteiger partial charge in [-0.3, -0.25) is 4.79 Å². The normalized spacial score (nSPS) is 12.1. The number of carbonyl (C=O) groups excluding carboxylic acids is 1. The fourth-order valence-corrected chi connectivity index (χ4v) is 2.61. The summed E-state index contributed by atoms with van der Waals surface area (Å²) in [6.07, 6.45) is 0. The van der Waals surface area contributed by atoms with E-state index in [0.29, 0.717) is 11.7 Å². The molecule has 0 fully saturated rings. The highest BCUT2D eigenvalue weighted by Gasteiger charge is 2.22. The maximum absolute atomic E-state index is 12.5. The molecular weight excluding hydrogens is 274 g/mol. The zero-order valence-corrected chi connectivity index (χ0v) is 12.2. The van der Waals surface area contributed by atoms with E-state index in [-0.39, 0.29) is 17.1 Å². The van der Waals surface area contributed by atoms with Crippen LogP contribution in [0.5, 0.6) is 0 Å². The second-order valence-corrected chi connectivity index (χ2v) is 5.49. The lowest BCUT2D eigenvalue weighted by atomic mass is 10.2. The fraction of sp³-hybridized carbons (Fsp3) is 0.308. The minimum atomic E-state index is -0.287. The number of aromatic nitrogens is 3. The van der Waals surface area contributed by atoms with Crippen molar-refractivity contribution in [1.82, 2.24) is 15.2 Å². The molecule has 0 aliphatic rings. The molecule has 7 heteroatoms. The lowest BCUT2D eigenvalue weighted by Gasteiger charge is -2.23. The van der Waals surface area contributed by atoms with E-state index in [2.05, 4.69) is 15.2 Å². The van der Waals surface area contributed by atoms with Gasteiger partial charge in [-0.25, -0.2) is 5.10 Å². The van der Waals surface area contributed by atoms with Gasteiger partial charge in [0.1, 0.15) is 0 Å². The number of nitrogens with one attached hydrogen (secondary N) is 1. The summed E-state index contributed by atoms with van der Waals surface area (Å²) < 4.78 is 0. The number of hydrogen-bond donors (Lipinski definition) is 2. The Balaban J connectivity index is 2.08. The number of benzene rings is 1. The van der Waals surface area contributed by atoms with Crippen molar-refractivity contribution in [2.24, 2.45) is 0 Å². The van der Waals surface area contributed by atoms with Crippen LogP contribution in [0.15, 0.2) is 35.5 Å². The molecule has 3 N–H and O–H groups in total. The molecule has 2 rings (SSSR count). The molecule has 0 saturated carbocycles. The number of rotatable bonds is 5. The second kappa shape index (κ2) is 6.42. The van der Waals surface area contributed by atoms with Crippen molar-refractivity contribution in [2.45, 2.75) is 24.3 Å². The van der Waals surface area contributed by atoms with Crippen LogP contribution in [0, 0.1) is 0 Å². The number of hydrogen-bond acceptors (Lipinski definition) is 5. The van der Waals surface area contributed by atoms with Gasteiger partial charge in [0.15, 0.2) is 0 Å². The van der Waals surface area contributed by atoms with Crippen molar-refractivity contribution in [2.75, 3.05) is 17.2 Å². The van der Waals surface area contributed by atoms with Gasteiger partial charge in [0, 0.05) is 12.2 Å². The second-order valence-electron chi connectivity index (χ2n) is 4.18. The van der Waals surface area contributed by atoms with Crippen molar-refractivity contribution in [3.8, 4) is 0 Å². The summed E-state index contributed by atoms with van der Waals surface area (Å²) in [5.41, 5.74) is 6.36. The predicted octanol–water partition coefficient (Wildman–Crippen LogP) is 1.92. The average molecular weight is 291 g/mol. The molecular formula is C13H17N5OS. The number of amides is 1. The number of aromatic amines is 1. The van der Waals surface area contributed by atoms with Gasteiger partial charge in [0.05, 0.1) is 5.25 Å². The quantitative estimate of drug-likeness (QED) is 0.822. The maximum Gasteiger partial charge on any atom is 0.240 e. The third-order valence-electron chi connectivity index (χ3n) is 2.76. The zero-order chi connectivity index (χ0) is 14.5. The van der Waals surface area contributed by atoms with Crippen LogP contribution >= 0.6 is 11.8 Å². The van der Waals surface area contributed by atoms with Crippen LogP contribution in [0.3, 0.4) is 0 Å². The standard InChI is InChI=1S/C13H17N5OS/c1-3-18(10-7-5-4-6-8-10)11(19)9(2)20-13-15-12(14)16-17-13/h4-9H,3H2,1-2H3,(H3,14,15,16,17)/t9-/m1/s1. The van der Waals surface area contributed by atoms with Gasteiger partial charge < -0.3 is 10.6 Å². The Hall–Kier alpha value is -2.02. The number of nitrogens with two attached hydrogens (primary N) is 1. The molecule has 20 heavy (non-hydrogen) atoms. The number of H-pyrrole nitrogens is 1. The zero-order valence-electron chi connectivity index (χ0n) is 11.4. The predicted molar refractivity (Wildman–Crippen MR) is 80.6 cm³/mol. The molecule has 0 spiro atoms. The molecule has 1 atom stereocenters. The van der Waals surface area contributed by atoms with Crippen LogP contribution in [0.1, 0.15) is 13.8 Å². The Morgan fingerprint density at radius 1 is 1.45 bits per heavy atom. The molecule has 1 amide bonds. The number of nitrogen functional groups attached to an aromatic ring is 1. The molecule has 1 aromatic carbocycles. The lowest BCUT2D eigenvalue weighted by molar-refractivity contribution is -0.117. The molecule has 106 valence electrons. The third kappa shape index (κ3) is 3.30. The van der Waals surface area contributed by atoms with Gasteiger partial charge in [-0.05, 0) is 26.0 Å². The Kier molecular flexibility index (Phi) is 4.62. The summed E-state index contributed by atoms with van der Waals surface area (Å²) >= 11 is 1.29. The monoisotopic (exact) mass is 291 g/mol. The smallest absolute Gasteiger partial charge is 0.240 e. The van der Waals surface area contributed by atoms with E-state index in [1.54, 1.807) is 4.90 Å². The summed E-state index contributed by atoms with van der Waals surface area (Å²) in [4.78, 5) is 18.2. The highest BCUT2D eigenvalue weighted by atomic mass is 32.2. The number of nitrogens with zero attached hydrogens (tertiary/aromatic N) is 3. The van der Waals surface area contributed by atoms with E-state index in [4.69, 9.17) is 5.73 Å². The van der Waals surface area contributed by atoms with Crippen LogP contribution in [-0.2, 0) is 4.79 Å². The lowest BCUT2D eigenvalue weighted by Crippen LogP contribution is -2.36. The van der Waals surface area contributed by atoms with Gasteiger partial charge >= 0.3 is 0 Å². The maximum atomic E-state index is 12.5. The summed E-state index contributed by atoms with van der Waals surface area (Å²) in [6.45, 7) is 4.40. The Bertz CT molecular complexity index is 571. The molecule has 0 radical (unpaired) electrons. The topological polar surface area (TPSA) is 87.9 Å². The summed E-state index contributed by atoms with van der Waals surface area (Å²) in [7, 11) is 0. The Morgan fingerprint density at radius 2 is 2.15 bits per heavy atom. The van der Waals surface area contributed by atoms with Crippen LogP contribution in [0.25, 0.3) is 0 Å². The first-order chi connectivity index (χ1) is 9.61. The fourth-order valence-electron chi connectivity index (χ4n) is 1.81. The number of para-hydroxylation sites is 1. The van der Waals surface area contributed by atoms with Crippen molar-refractivity contribution < 1.29 is 4.79 Å². The van der Waals surface area contributed by atoms with Crippen molar-refractivity contribution >= 4 is 29.3 Å². The summed E-state index contributed by atoms with van der Waals surface area (Å²) in [6, 6.07) is 9.60. The molecule has 0 bridgehead atoms. The molecule has 2 aromatic rings. The number of anilines is 2. The van der Waals surface area contributed by atoms with E-state index in [0.717, 1.165) is 5.69 Å². The van der Waals surface area contributed by atoms with Gasteiger partial charge in [0.25, 0.3) is 0 Å². The van der Waals surface area contributed by atoms with Crippen LogP contribution < -0.4 is 10.6 Å². The highest BCUT2D eigenvalue weighted by Crippen LogP contribution is 2.23. The number of carbonyl (C=O) groups is 1. The first kappa shape index (κ1) is 14.4. The van der Waals surface area contributed by atoms with E-state index in [9.17, 15) is 4.79 Å². The molecule has 0 aliphatic heterocycles. The summed E-state index contributed by atoms with van der Waals surface area (Å²) in [5, 5.41) is 6.68. The number of thioether (sulfide) groups is 1. The first-order valence-corrected chi connectivity index (χ1v) is 7.20. The van der Waals surface area contributed by atoms with Crippen molar-refractivity contribution in [1.29, 1.82) is 0 Å². The molecule has 1 heterocycles. The van der Waals surface area contributed by atoms with Crippen LogP contribution in [0.4, 0.5) is 11.6 Å². The minimum Gasteiger partial charge on any atom is -0.368 e. The summed E-state index contributed by atoms with van der Waals surface area (Å²) in [5.74, 6) is 0.273. The molecule has 6 nitrogen and oxygen atoms in total. The van der Waals surface area contributed by atoms with Gasteiger partial charge in [-0.1, -0.05) is 30.0 Å². The van der Waals surface area contributed by atoms with E-state index in [1.165, 1.54) is 11.8 Å². The Morgan fingerprint density at radius 3 is 2.70 bits per heavy atom. The molecule has 1 aromatic heterocycles. The highest BCUT2D eigenvalue weighted by molar-refractivity contribution is 8.00. The molecule has 0 unspecified atom stereocenters. The Labute approximate surface area is 121 Å². The van der Waals surface area contributed by atoms with E-state index >= 15 is 0 Å². The van der Waals surface area contributed by atoms with Gasteiger partial charge in [-0.15, -0.1) is 5.10 Å². The van der Waals surface area contributed by atoms with E-state index in [1.807, 2.05) is 44.2 Å². The van der Waals surface area contributed by atoms with Crippen molar-refractivity contribution in [3.63, 3.8) is 0 Å². The average Bonchev–Trinajstić information content (AvgIpc) is 2.86. The van der Waals surface area contributed by atoms with Gasteiger partial charge in [0.2, 0.25) is 17.0 Å². The first-order valence-electron chi connectivity index (χ1n) is 6.32.